The van der Waals surface area contributed by atoms with E-state index in [4.69, 9.17) is 15.5 Å². The molecule has 2 aromatic carbocycles. The van der Waals surface area contributed by atoms with Crippen molar-refractivity contribution in [1.82, 2.24) is 14.8 Å². The zero-order valence-electron chi connectivity index (χ0n) is 18.2. The van der Waals surface area contributed by atoms with Gasteiger partial charge < -0.3 is 21.1 Å². The number of halogens is 1. The Morgan fingerprint density at radius 3 is 2.52 bits per heavy atom. The van der Waals surface area contributed by atoms with Crippen LogP contribution in [0.15, 0.2) is 48.5 Å². The van der Waals surface area contributed by atoms with E-state index in [2.05, 4.69) is 21.8 Å². The summed E-state index contributed by atoms with van der Waals surface area (Å²) in [5.41, 5.74) is 11.0. The van der Waals surface area contributed by atoms with Crippen LogP contribution in [0, 0.1) is 5.82 Å². The second-order valence-electron chi connectivity index (χ2n) is 8.08. The first-order valence-corrected chi connectivity index (χ1v) is 10.6. The fourth-order valence-corrected chi connectivity index (χ4v) is 3.88. The number of nitrogens with one attached hydrogen (secondary N) is 2. The number of nitrogens with zero attached hydrogens (tertiary/aromatic N) is 3. The number of carbonyl (C=O) groups excluding carboxylic acids is 1. The summed E-state index contributed by atoms with van der Waals surface area (Å²) in [5.74, 6) is 0.483. The Balaban J connectivity index is 1.38. The summed E-state index contributed by atoms with van der Waals surface area (Å²) in [6, 6.07) is 13.2. The SMILES string of the molecule is COc1cc(NC(=O)Nc2ccc(-c3cc(C4CC4)nc4c3c(N)nn4C)cc2)ccc1F. The van der Waals surface area contributed by atoms with E-state index in [1.54, 1.807) is 4.68 Å². The van der Waals surface area contributed by atoms with Gasteiger partial charge in [-0.15, -0.1) is 0 Å². The Bertz CT molecular complexity index is 1360. The van der Waals surface area contributed by atoms with Gasteiger partial charge >= 0.3 is 6.03 Å². The Hall–Kier alpha value is -4.14. The molecule has 5 rings (SSSR count). The van der Waals surface area contributed by atoms with Gasteiger partial charge in [0.25, 0.3) is 0 Å². The van der Waals surface area contributed by atoms with Crippen LogP contribution >= 0.6 is 0 Å². The number of aromatic nitrogens is 3. The summed E-state index contributed by atoms with van der Waals surface area (Å²) in [6.07, 6.45) is 2.28. The number of fused-ring (bicyclic) bond motifs is 1. The van der Waals surface area contributed by atoms with Crippen molar-refractivity contribution in [2.75, 3.05) is 23.5 Å². The Morgan fingerprint density at radius 1 is 1.12 bits per heavy atom. The second kappa shape index (κ2) is 8.09. The highest BCUT2D eigenvalue weighted by Crippen LogP contribution is 2.42. The number of aryl methyl sites for hydroxylation is 1. The molecule has 1 aliphatic rings. The van der Waals surface area contributed by atoms with E-state index in [1.165, 1.54) is 25.3 Å². The average Bonchev–Trinajstić information content (AvgIpc) is 3.61. The van der Waals surface area contributed by atoms with Crippen LogP contribution in [0.1, 0.15) is 24.5 Å². The van der Waals surface area contributed by atoms with E-state index >= 15 is 0 Å². The molecule has 4 N–H and O–H groups in total. The molecule has 1 fully saturated rings. The molecule has 2 aromatic heterocycles. The lowest BCUT2D eigenvalue weighted by Crippen LogP contribution is -2.19. The molecule has 0 saturated heterocycles. The van der Waals surface area contributed by atoms with E-state index in [1.807, 2.05) is 31.3 Å². The Kier molecular flexibility index (Phi) is 5.08. The van der Waals surface area contributed by atoms with Crippen LogP contribution in [0.5, 0.6) is 5.75 Å². The van der Waals surface area contributed by atoms with Crippen molar-refractivity contribution in [3.05, 3.63) is 60.0 Å². The van der Waals surface area contributed by atoms with Gasteiger partial charge in [0.15, 0.2) is 23.0 Å². The number of urea groups is 1. The van der Waals surface area contributed by atoms with Crippen LogP contribution in [-0.4, -0.2) is 27.9 Å². The molecule has 0 unspecified atom stereocenters. The van der Waals surface area contributed by atoms with E-state index in [0.29, 0.717) is 23.1 Å². The minimum absolute atomic E-state index is 0.0565. The molecule has 0 spiro atoms. The topological polar surface area (TPSA) is 107 Å². The third-order valence-electron chi connectivity index (χ3n) is 5.70. The zero-order chi connectivity index (χ0) is 23.1. The number of rotatable bonds is 5. The highest BCUT2D eigenvalue weighted by atomic mass is 19.1. The number of nitrogen functional groups attached to an aromatic ring is 1. The molecule has 33 heavy (non-hydrogen) atoms. The maximum atomic E-state index is 13.6. The number of benzene rings is 2. The lowest BCUT2D eigenvalue weighted by Gasteiger charge is -2.11. The van der Waals surface area contributed by atoms with Crippen molar-refractivity contribution >= 4 is 34.3 Å². The number of ether oxygens (including phenoxy) is 1. The molecular formula is C24H23FN6O2. The van der Waals surface area contributed by atoms with Crippen LogP contribution in [0.2, 0.25) is 0 Å². The summed E-state index contributed by atoms with van der Waals surface area (Å²) >= 11 is 0. The van der Waals surface area contributed by atoms with Crippen molar-refractivity contribution in [3.8, 4) is 16.9 Å². The molecule has 168 valence electrons. The van der Waals surface area contributed by atoms with Gasteiger partial charge in [-0.25, -0.2) is 18.9 Å². The molecule has 0 aliphatic heterocycles. The van der Waals surface area contributed by atoms with Crippen LogP contribution < -0.4 is 21.1 Å². The quantitative estimate of drug-likeness (QED) is 0.405. The summed E-state index contributed by atoms with van der Waals surface area (Å²) in [4.78, 5) is 17.2. The van der Waals surface area contributed by atoms with Crippen LogP contribution in [0.4, 0.5) is 26.4 Å². The normalized spacial score (nSPS) is 13.2. The predicted molar refractivity (Wildman–Crippen MR) is 126 cm³/mol. The molecule has 4 aromatic rings. The fourth-order valence-electron chi connectivity index (χ4n) is 3.88. The molecule has 9 heteroatoms. The van der Waals surface area contributed by atoms with Gasteiger partial charge in [0.1, 0.15) is 0 Å². The zero-order valence-corrected chi connectivity index (χ0v) is 18.2. The van der Waals surface area contributed by atoms with E-state index in [-0.39, 0.29) is 5.75 Å². The standard InChI is InChI=1S/C24H23FN6O2/c1-31-23-21(22(26)30-31)17(12-19(29-23)14-3-4-14)13-5-7-15(8-6-13)27-24(32)28-16-9-10-18(25)20(11-16)33-2/h5-12,14H,3-4H2,1-2H3,(H2,26,30)(H2,27,28,32). The number of methoxy groups -OCH3 is 1. The summed E-state index contributed by atoms with van der Waals surface area (Å²) < 4.78 is 20.2. The fraction of sp³-hybridized carbons (Fsp3) is 0.208. The van der Waals surface area contributed by atoms with E-state index in [0.717, 1.165) is 40.7 Å². The van der Waals surface area contributed by atoms with Gasteiger partial charge in [-0.3, -0.25) is 0 Å². The molecule has 1 aliphatic carbocycles. The van der Waals surface area contributed by atoms with Crippen LogP contribution in [0.3, 0.4) is 0 Å². The first-order valence-electron chi connectivity index (χ1n) is 10.6. The monoisotopic (exact) mass is 446 g/mol. The van der Waals surface area contributed by atoms with E-state index in [9.17, 15) is 9.18 Å². The summed E-state index contributed by atoms with van der Waals surface area (Å²) in [7, 11) is 3.21. The summed E-state index contributed by atoms with van der Waals surface area (Å²) in [6.45, 7) is 0. The Morgan fingerprint density at radius 2 is 1.82 bits per heavy atom. The molecule has 8 nitrogen and oxygen atoms in total. The van der Waals surface area contributed by atoms with Crippen molar-refractivity contribution in [2.24, 2.45) is 7.05 Å². The predicted octanol–water partition coefficient (Wildman–Crippen LogP) is 4.89. The highest BCUT2D eigenvalue weighted by Gasteiger charge is 2.27. The minimum atomic E-state index is -0.497. The van der Waals surface area contributed by atoms with Gasteiger partial charge in [-0.2, -0.15) is 5.10 Å². The van der Waals surface area contributed by atoms with Crippen molar-refractivity contribution in [1.29, 1.82) is 0 Å². The second-order valence-corrected chi connectivity index (χ2v) is 8.08. The molecule has 2 heterocycles. The smallest absolute Gasteiger partial charge is 0.323 e. The van der Waals surface area contributed by atoms with Crippen molar-refractivity contribution in [3.63, 3.8) is 0 Å². The lowest BCUT2D eigenvalue weighted by molar-refractivity contribution is 0.262. The number of hydrogen-bond donors (Lipinski definition) is 3. The number of nitrogens with two attached hydrogens (primary N) is 1. The molecular weight excluding hydrogens is 423 g/mol. The highest BCUT2D eigenvalue weighted by molar-refractivity contribution is 6.02. The number of amides is 2. The lowest BCUT2D eigenvalue weighted by atomic mass is 10.0. The Labute approximate surface area is 189 Å². The maximum Gasteiger partial charge on any atom is 0.323 e. The first kappa shape index (κ1) is 20.7. The molecule has 2 amide bonds. The van der Waals surface area contributed by atoms with Gasteiger partial charge in [0.2, 0.25) is 0 Å². The molecule has 0 atom stereocenters. The van der Waals surface area contributed by atoms with Gasteiger partial charge in [-0.05, 0) is 54.3 Å². The number of anilines is 3. The summed E-state index contributed by atoms with van der Waals surface area (Å²) in [5, 5.41) is 10.6. The number of hydrogen-bond acceptors (Lipinski definition) is 5. The van der Waals surface area contributed by atoms with Crippen LogP contribution in [-0.2, 0) is 7.05 Å². The molecule has 1 saturated carbocycles. The number of carbonyl (C=O) groups is 1. The minimum Gasteiger partial charge on any atom is -0.494 e. The van der Waals surface area contributed by atoms with Gasteiger partial charge in [-0.1, -0.05) is 12.1 Å². The molecule has 0 bridgehead atoms. The largest absolute Gasteiger partial charge is 0.494 e. The average molecular weight is 446 g/mol. The third-order valence-corrected chi connectivity index (χ3v) is 5.70. The number of pyridine rings is 1. The maximum absolute atomic E-state index is 13.6. The van der Waals surface area contributed by atoms with Gasteiger partial charge in [0, 0.05) is 36.1 Å². The first-order chi connectivity index (χ1) is 15.9. The van der Waals surface area contributed by atoms with Crippen molar-refractivity contribution < 1.29 is 13.9 Å². The molecule has 0 radical (unpaired) electrons. The third kappa shape index (κ3) is 4.05. The van der Waals surface area contributed by atoms with E-state index < -0.39 is 11.8 Å². The van der Waals surface area contributed by atoms with Gasteiger partial charge in [0.05, 0.1) is 12.5 Å². The van der Waals surface area contributed by atoms with Crippen LogP contribution in [0.25, 0.3) is 22.2 Å². The van der Waals surface area contributed by atoms with Crippen molar-refractivity contribution in [2.45, 2.75) is 18.8 Å².